The van der Waals surface area contributed by atoms with Gasteiger partial charge in [0.1, 0.15) is 0 Å². The van der Waals surface area contributed by atoms with Gasteiger partial charge in [0.05, 0.1) is 34.9 Å². The Bertz CT molecular complexity index is 3020. The van der Waals surface area contributed by atoms with Gasteiger partial charge < -0.3 is 13.3 Å². The lowest BCUT2D eigenvalue weighted by Gasteiger charge is -2.12. The van der Waals surface area contributed by atoms with Crippen LogP contribution in [0.15, 0.2) is 177 Å². The van der Waals surface area contributed by atoms with Crippen LogP contribution in [0.2, 0.25) is 0 Å². The predicted molar refractivity (Wildman–Crippen MR) is 235 cm³/mol. The lowest BCUT2D eigenvalue weighted by Crippen LogP contribution is -1.88. The molecule has 0 spiro atoms. The Morgan fingerprint density at radius 1 is 0.254 bits per heavy atom. The minimum atomic E-state index is 0. The predicted octanol–water partition coefficient (Wildman–Crippen LogP) is 11.7. The molecule has 3 heterocycles. The molecule has 0 amide bonds. The van der Waals surface area contributed by atoms with Crippen LogP contribution in [0.3, 0.4) is 0 Å². The third kappa shape index (κ3) is 7.72. The van der Waals surface area contributed by atoms with Gasteiger partial charge in [0.2, 0.25) is 35.3 Å². The summed E-state index contributed by atoms with van der Waals surface area (Å²) in [6.45, 7) is 0. The summed E-state index contributed by atoms with van der Waals surface area (Å²) in [5.74, 6) is 2.24. The molecule has 0 unspecified atom stereocenters. The zero-order valence-corrected chi connectivity index (χ0v) is 32.8. The van der Waals surface area contributed by atoms with Crippen molar-refractivity contribution in [3.8, 4) is 120 Å². The summed E-state index contributed by atoms with van der Waals surface area (Å²) in [4.78, 5) is 0. The van der Waals surface area contributed by atoms with E-state index in [0.717, 1.165) is 66.8 Å². The first kappa shape index (κ1) is 37.7. The summed E-state index contributed by atoms with van der Waals surface area (Å²) in [6.07, 6.45) is 0. The second kappa shape index (κ2) is 16.2. The Kier molecular flexibility index (Phi) is 9.71. The average Bonchev–Trinajstić information content (AvgIpc) is 4.17. The van der Waals surface area contributed by atoms with Crippen molar-refractivity contribution >= 4 is 0 Å². The highest BCUT2D eigenvalue weighted by molar-refractivity contribution is 5.83. The molecule has 12 heteroatoms. The summed E-state index contributed by atoms with van der Waals surface area (Å²) in [6, 6.07) is 57.7. The summed E-state index contributed by atoms with van der Waals surface area (Å²) in [5, 5.41) is 53.0. The summed E-state index contributed by atoms with van der Waals surface area (Å²) in [7, 11) is 0. The molecule has 0 fully saturated rings. The van der Waals surface area contributed by atoms with Gasteiger partial charge in [-0.05, 0) is 161 Å². The molecule has 10 rings (SSSR count). The minimum Gasteiger partial charge on any atom is -0.416 e. The monoisotopic (exact) mass is 815 g/mol. The van der Waals surface area contributed by atoms with Gasteiger partial charge in [-0.2, -0.15) is 15.8 Å². The normalized spacial score (nSPS) is 10.8. The molecule has 0 saturated carbocycles. The Hall–Kier alpha value is -9.57. The zero-order chi connectivity index (χ0) is 42.7. The van der Waals surface area contributed by atoms with Crippen LogP contribution >= 0.6 is 0 Å². The maximum atomic E-state index is 9.16. The number of rotatable bonds is 9. The van der Waals surface area contributed by atoms with E-state index in [-0.39, 0.29) is 1.43 Å². The maximum Gasteiger partial charge on any atom is 0.248 e. The molecular weight excluding hydrogens is 787 g/mol. The molecule has 0 radical (unpaired) electrons. The van der Waals surface area contributed by atoms with Crippen molar-refractivity contribution in [2.24, 2.45) is 0 Å². The Balaban J connectivity index is 0.00000518. The number of hydrogen-bond donors (Lipinski definition) is 0. The Morgan fingerprint density at radius 3 is 0.619 bits per heavy atom. The van der Waals surface area contributed by atoms with Crippen molar-refractivity contribution < 1.29 is 14.7 Å². The smallest absolute Gasteiger partial charge is 0.248 e. The molecular formula is C51H29N9O3. The molecule has 63 heavy (non-hydrogen) atoms. The van der Waals surface area contributed by atoms with Crippen LogP contribution < -0.4 is 0 Å². The van der Waals surface area contributed by atoms with Crippen LogP contribution in [-0.2, 0) is 0 Å². The highest BCUT2D eigenvalue weighted by Crippen LogP contribution is 2.36. The summed E-state index contributed by atoms with van der Waals surface area (Å²) in [5.41, 5.74) is 12.0. The van der Waals surface area contributed by atoms with Gasteiger partial charge in [-0.25, -0.2) is 0 Å². The molecule has 3 aromatic heterocycles. The maximum absolute atomic E-state index is 9.16. The third-order valence-electron chi connectivity index (χ3n) is 10.4. The van der Waals surface area contributed by atoms with Gasteiger partial charge in [-0.1, -0.05) is 36.4 Å². The highest BCUT2D eigenvalue weighted by Gasteiger charge is 2.16. The lowest BCUT2D eigenvalue weighted by atomic mass is 9.92. The van der Waals surface area contributed by atoms with Crippen molar-refractivity contribution in [2.45, 2.75) is 0 Å². The van der Waals surface area contributed by atoms with Gasteiger partial charge in [0.15, 0.2) is 0 Å². The fraction of sp³-hybridized carbons (Fsp3) is 0. The van der Waals surface area contributed by atoms with Crippen LogP contribution in [0.5, 0.6) is 0 Å². The van der Waals surface area contributed by atoms with Gasteiger partial charge in [0.25, 0.3) is 0 Å². The fourth-order valence-electron chi connectivity index (χ4n) is 6.98. The Morgan fingerprint density at radius 2 is 0.429 bits per heavy atom. The van der Waals surface area contributed by atoms with E-state index >= 15 is 0 Å². The van der Waals surface area contributed by atoms with E-state index in [1.54, 1.807) is 72.8 Å². The zero-order valence-electron chi connectivity index (χ0n) is 32.8. The van der Waals surface area contributed by atoms with E-state index in [4.69, 9.17) is 29.0 Å². The van der Waals surface area contributed by atoms with Crippen molar-refractivity contribution in [3.63, 3.8) is 0 Å². The largest absolute Gasteiger partial charge is 0.416 e. The second-order valence-corrected chi connectivity index (χ2v) is 14.3. The molecule has 296 valence electrons. The van der Waals surface area contributed by atoms with E-state index in [1.807, 2.05) is 72.8 Å². The van der Waals surface area contributed by atoms with Gasteiger partial charge in [0, 0.05) is 34.8 Å². The van der Waals surface area contributed by atoms with E-state index in [1.165, 1.54) is 0 Å². The van der Waals surface area contributed by atoms with Crippen LogP contribution in [-0.4, -0.2) is 30.6 Å². The van der Waals surface area contributed by atoms with E-state index in [0.29, 0.717) is 52.0 Å². The SMILES string of the molecule is N#Cc1ccc(-c2nnc(-c3ccc(-c4cc(-c5ccc(-c6nnc(-c7ccc(C#N)cc7)o6)cc5)cc(-c5ccc(-c6nnc(-c7ccc(C#N)cc7)o6)cc5)c4)cc3)o2)cc1.[HH]. The first-order valence-corrected chi connectivity index (χ1v) is 19.5. The van der Waals surface area contributed by atoms with Crippen molar-refractivity contribution in [2.75, 3.05) is 0 Å². The highest BCUT2D eigenvalue weighted by atomic mass is 16.4. The van der Waals surface area contributed by atoms with Crippen LogP contribution in [0.25, 0.3) is 102 Å². The van der Waals surface area contributed by atoms with Crippen LogP contribution in [0.4, 0.5) is 0 Å². The molecule has 0 aliphatic carbocycles. The topological polar surface area (TPSA) is 188 Å². The minimum absolute atomic E-state index is 0. The molecule has 0 aliphatic rings. The van der Waals surface area contributed by atoms with E-state index in [9.17, 15) is 0 Å². The quantitative estimate of drug-likeness (QED) is 0.134. The standard InChI is InChI=1S/C51H27N9O3.H2/c52-28-31-1-7-37(8-2-31)46-55-58-49(61-46)40-19-13-34(14-20-40)43-25-44(35-15-21-41(22-16-35)50-59-56-47(62-50)38-9-3-32(29-53)4-10-38)27-45(26-43)36-17-23-42(24-18-36)51-60-57-48(63-51)39-11-5-33(30-54)6-12-39;/h1-27H;1H. The number of benzene rings is 7. The molecule has 10 aromatic rings. The lowest BCUT2D eigenvalue weighted by molar-refractivity contribution is 0.584. The van der Waals surface area contributed by atoms with Crippen molar-refractivity contribution in [1.29, 1.82) is 15.8 Å². The first-order chi connectivity index (χ1) is 31.0. The van der Waals surface area contributed by atoms with Gasteiger partial charge in [-0.3, -0.25) is 0 Å². The number of nitriles is 3. The van der Waals surface area contributed by atoms with Crippen LogP contribution in [0, 0.1) is 34.0 Å². The Labute approximate surface area is 360 Å². The first-order valence-electron chi connectivity index (χ1n) is 19.5. The summed E-state index contributed by atoms with van der Waals surface area (Å²) < 4.78 is 18.1. The van der Waals surface area contributed by atoms with Crippen molar-refractivity contribution in [3.05, 3.63) is 180 Å². The van der Waals surface area contributed by atoms with Gasteiger partial charge in [-0.15, -0.1) is 30.6 Å². The number of hydrogen-bond acceptors (Lipinski definition) is 12. The molecule has 7 aromatic carbocycles. The van der Waals surface area contributed by atoms with Gasteiger partial charge >= 0.3 is 0 Å². The average molecular weight is 816 g/mol. The third-order valence-corrected chi connectivity index (χ3v) is 10.4. The number of aromatic nitrogens is 6. The molecule has 12 nitrogen and oxygen atoms in total. The summed E-state index contributed by atoms with van der Waals surface area (Å²) >= 11 is 0. The number of nitrogens with zero attached hydrogens (tertiary/aromatic N) is 9. The molecule has 0 saturated heterocycles. The molecule has 0 N–H and O–H groups in total. The van der Waals surface area contributed by atoms with E-state index < -0.39 is 0 Å². The molecule has 0 atom stereocenters. The second-order valence-electron chi connectivity index (χ2n) is 14.3. The molecule has 0 bridgehead atoms. The fourth-order valence-corrected chi connectivity index (χ4v) is 6.98. The van der Waals surface area contributed by atoms with E-state index in [2.05, 4.69) is 67.0 Å². The molecule has 0 aliphatic heterocycles. The van der Waals surface area contributed by atoms with Crippen LogP contribution in [0.1, 0.15) is 18.1 Å². The van der Waals surface area contributed by atoms with Crippen molar-refractivity contribution in [1.82, 2.24) is 30.6 Å².